The molecule has 3 N–H and O–H groups in total. The van der Waals surface area contributed by atoms with Crippen LogP contribution in [0.25, 0.3) is 0 Å². The van der Waals surface area contributed by atoms with Gasteiger partial charge >= 0.3 is 0 Å². The summed E-state index contributed by atoms with van der Waals surface area (Å²) in [6, 6.07) is -0.0610. The molecule has 0 radical (unpaired) electrons. The highest BCUT2D eigenvalue weighted by Gasteiger charge is 2.28. The molecule has 0 aromatic carbocycles. The van der Waals surface area contributed by atoms with Crippen LogP contribution < -0.4 is 11.1 Å². The van der Waals surface area contributed by atoms with Crippen LogP contribution in [0, 0.1) is 5.92 Å². The van der Waals surface area contributed by atoms with Crippen molar-refractivity contribution in [3.8, 4) is 0 Å². The number of amides is 1. The number of ether oxygens (including phenoxy) is 1. The molecule has 0 aromatic heterocycles. The highest BCUT2D eigenvalue weighted by molar-refractivity contribution is 5.85. The van der Waals surface area contributed by atoms with Crippen molar-refractivity contribution in [2.24, 2.45) is 11.7 Å². The van der Waals surface area contributed by atoms with E-state index in [0.29, 0.717) is 6.04 Å². The van der Waals surface area contributed by atoms with E-state index in [9.17, 15) is 4.79 Å². The molecule has 0 bridgehead atoms. The first-order chi connectivity index (χ1) is 9.70. The van der Waals surface area contributed by atoms with Gasteiger partial charge in [-0.3, -0.25) is 4.79 Å². The first kappa shape index (κ1) is 21.9. The van der Waals surface area contributed by atoms with E-state index in [1.165, 1.54) is 13.0 Å². The van der Waals surface area contributed by atoms with Crippen LogP contribution in [-0.4, -0.2) is 55.7 Å². The molecule has 0 spiro atoms. The zero-order valence-electron chi connectivity index (χ0n) is 13.5. The van der Waals surface area contributed by atoms with Gasteiger partial charge in [-0.1, -0.05) is 6.92 Å². The Bertz CT molecular complexity index is 307. The Labute approximate surface area is 146 Å². The third kappa shape index (κ3) is 6.59. The fraction of sp³-hybridized carbons (Fsp3) is 0.933. The van der Waals surface area contributed by atoms with Crippen molar-refractivity contribution >= 4 is 30.7 Å². The molecule has 2 rings (SSSR count). The lowest BCUT2D eigenvalue weighted by molar-refractivity contribution is -0.125. The molecule has 2 heterocycles. The van der Waals surface area contributed by atoms with Gasteiger partial charge in [0.2, 0.25) is 5.91 Å². The third-order valence-corrected chi connectivity index (χ3v) is 4.55. The zero-order valence-corrected chi connectivity index (χ0v) is 15.1. The van der Waals surface area contributed by atoms with Crippen LogP contribution in [0.15, 0.2) is 0 Å². The number of nitrogens with zero attached hydrogens (tertiary/aromatic N) is 1. The Kier molecular flexibility index (Phi) is 11.4. The second kappa shape index (κ2) is 11.5. The number of carbonyl (C=O) groups excluding carboxylic acids is 1. The summed E-state index contributed by atoms with van der Waals surface area (Å²) in [5.74, 6) is 0.315. The average Bonchev–Trinajstić information content (AvgIpc) is 2.49. The van der Waals surface area contributed by atoms with Crippen molar-refractivity contribution in [3.63, 3.8) is 0 Å². The van der Waals surface area contributed by atoms with Crippen molar-refractivity contribution in [1.82, 2.24) is 10.2 Å². The van der Waals surface area contributed by atoms with E-state index >= 15 is 0 Å². The van der Waals surface area contributed by atoms with E-state index in [1.807, 2.05) is 0 Å². The summed E-state index contributed by atoms with van der Waals surface area (Å²) in [4.78, 5) is 14.7. The van der Waals surface area contributed by atoms with Crippen LogP contribution in [0.1, 0.15) is 39.0 Å². The van der Waals surface area contributed by atoms with Gasteiger partial charge in [0.05, 0.1) is 6.04 Å². The van der Waals surface area contributed by atoms with Gasteiger partial charge in [0.25, 0.3) is 0 Å². The Hall–Kier alpha value is -0.0700. The first-order valence-electron chi connectivity index (χ1n) is 8.06. The van der Waals surface area contributed by atoms with Gasteiger partial charge in [-0.15, -0.1) is 24.8 Å². The minimum atomic E-state index is -0.368. The first-order valence-corrected chi connectivity index (χ1v) is 8.06. The molecule has 22 heavy (non-hydrogen) atoms. The summed E-state index contributed by atoms with van der Waals surface area (Å²) in [6.07, 6.45) is 5.11. The fourth-order valence-electron chi connectivity index (χ4n) is 3.20. The van der Waals surface area contributed by atoms with Crippen LogP contribution in [-0.2, 0) is 9.53 Å². The van der Waals surface area contributed by atoms with Gasteiger partial charge in [0.15, 0.2) is 0 Å². The number of nitrogens with two attached hydrogens (primary N) is 1. The second-order valence-electron chi connectivity index (χ2n) is 6.10. The minimum Gasteiger partial charge on any atom is -0.381 e. The Morgan fingerprint density at radius 1 is 1.23 bits per heavy atom. The third-order valence-electron chi connectivity index (χ3n) is 4.55. The molecule has 1 unspecified atom stereocenters. The van der Waals surface area contributed by atoms with Crippen LogP contribution in [0.3, 0.4) is 0 Å². The van der Waals surface area contributed by atoms with Crippen LogP contribution in [0.4, 0.5) is 0 Å². The van der Waals surface area contributed by atoms with Gasteiger partial charge in [0.1, 0.15) is 0 Å². The van der Waals surface area contributed by atoms with Crippen LogP contribution in [0.5, 0.6) is 0 Å². The van der Waals surface area contributed by atoms with Crippen LogP contribution in [0.2, 0.25) is 0 Å². The molecule has 5 nitrogen and oxygen atoms in total. The SMILES string of the molecule is CCCN1CCC(NC(=O)C(N)C2CCOCC2)CC1.Cl.Cl. The molecule has 132 valence electrons. The smallest absolute Gasteiger partial charge is 0.237 e. The molecule has 2 aliphatic rings. The Balaban J connectivity index is 0.00000220. The quantitative estimate of drug-likeness (QED) is 0.785. The predicted octanol–water partition coefficient (Wildman–Crippen LogP) is 1.57. The number of nitrogens with one attached hydrogen (secondary N) is 1. The van der Waals surface area contributed by atoms with E-state index in [1.54, 1.807) is 0 Å². The van der Waals surface area contributed by atoms with Crippen molar-refractivity contribution < 1.29 is 9.53 Å². The lowest BCUT2D eigenvalue weighted by Gasteiger charge is -2.33. The number of rotatable bonds is 5. The summed E-state index contributed by atoms with van der Waals surface area (Å²) >= 11 is 0. The molecule has 0 aromatic rings. The number of likely N-dealkylation sites (tertiary alicyclic amines) is 1. The highest BCUT2D eigenvalue weighted by Crippen LogP contribution is 2.18. The largest absolute Gasteiger partial charge is 0.381 e. The molecular weight excluding hydrogens is 325 g/mol. The molecule has 1 atom stereocenters. The molecule has 2 fully saturated rings. The predicted molar refractivity (Wildman–Crippen MR) is 93.9 cm³/mol. The monoisotopic (exact) mass is 355 g/mol. The van der Waals surface area contributed by atoms with Gasteiger partial charge in [-0.2, -0.15) is 0 Å². The van der Waals surface area contributed by atoms with Crippen molar-refractivity contribution in [3.05, 3.63) is 0 Å². The molecule has 7 heteroatoms. The molecule has 2 aliphatic heterocycles. The van der Waals surface area contributed by atoms with Gasteiger partial charge in [0, 0.05) is 32.3 Å². The summed E-state index contributed by atoms with van der Waals surface area (Å²) in [6.45, 7) is 7.03. The summed E-state index contributed by atoms with van der Waals surface area (Å²) in [7, 11) is 0. The minimum absolute atomic E-state index is 0. The highest BCUT2D eigenvalue weighted by atomic mass is 35.5. The maximum atomic E-state index is 12.2. The van der Waals surface area contributed by atoms with E-state index in [-0.39, 0.29) is 42.7 Å². The normalized spacial score (nSPS) is 22.3. The fourth-order valence-corrected chi connectivity index (χ4v) is 3.20. The van der Waals surface area contributed by atoms with Gasteiger partial charge < -0.3 is 20.7 Å². The Morgan fingerprint density at radius 2 is 1.82 bits per heavy atom. The Morgan fingerprint density at radius 3 is 2.36 bits per heavy atom. The number of halogens is 2. The standard InChI is InChI=1S/C15H29N3O2.2ClH/c1-2-7-18-8-3-13(4-9-18)17-15(19)14(16)12-5-10-20-11-6-12;;/h12-14H,2-11,16H2,1H3,(H,17,19);2*1H. The molecule has 2 saturated heterocycles. The van der Waals surface area contributed by atoms with Gasteiger partial charge in [-0.25, -0.2) is 0 Å². The maximum Gasteiger partial charge on any atom is 0.237 e. The second-order valence-corrected chi connectivity index (χ2v) is 6.10. The number of carbonyl (C=O) groups is 1. The lowest BCUT2D eigenvalue weighted by Crippen LogP contribution is -2.52. The maximum absolute atomic E-state index is 12.2. The number of hydrogen-bond donors (Lipinski definition) is 2. The van der Waals surface area contributed by atoms with Crippen molar-refractivity contribution in [2.75, 3.05) is 32.8 Å². The van der Waals surface area contributed by atoms with Crippen molar-refractivity contribution in [2.45, 2.75) is 51.1 Å². The number of hydrogen-bond acceptors (Lipinski definition) is 4. The summed E-state index contributed by atoms with van der Waals surface area (Å²) < 4.78 is 5.32. The summed E-state index contributed by atoms with van der Waals surface area (Å²) in [5, 5.41) is 3.15. The molecular formula is C15H31Cl2N3O2. The van der Waals surface area contributed by atoms with Gasteiger partial charge in [-0.05, 0) is 44.6 Å². The molecule has 0 aliphatic carbocycles. The molecule has 1 amide bonds. The van der Waals surface area contributed by atoms with E-state index in [0.717, 1.165) is 52.0 Å². The number of piperidine rings is 1. The lowest BCUT2D eigenvalue weighted by atomic mass is 9.91. The topological polar surface area (TPSA) is 67.6 Å². The van der Waals surface area contributed by atoms with E-state index < -0.39 is 0 Å². The summed E-state index contributed by atoms with van der Waals surface area (Å²) in [5.41, 5.74) is 6.11. The zero-order chi connectivity index (χ0) is 14.4. The average molecular weight is 356 g/mol. The van der Waals surface area contributed by atoms with Crippen molar-refractivity contribution in [1.29, 1.82) is 0 Å². The van der Waals surface area contributed by atoms with E-state index in [2.05, 4.69) is 17.1 Å². The van der Waals surface area contributed by atoms with E-state index in [4.69, 9.17) is 10.5 Å². The molecule has 0 saturated carbocycles. The van der Waals surface area contributed by atoms with Crippen LogP contribution >= 0.6 is 24.8 Å².